The van der Waals surface area contributed by atoms with Crippen LogP contribution in [0.5, 0.6) is 0 Å². The van der Waals surface area contributed by atoms with Crippen molar-refractivity contribution in [3.63, 3.8) is 0 Å². The van der Waals surface area contributed by atoms with Crippen LogP contribution in [0.3, 0.4) is 0 Å². The van der Waals surface area contributed by atoms with Crippen LogP contribution in [0.1, 0.15) is 12.8 Å². The molecule has 0 radical (unpaired) electrons. The van der Waals surface area contributed by atoms with Gasteiger partial charge in [0.15, 0.2) is 12.0 Å². The van der Waals surface area contributed by atoms with Gasteiger partial charge in [-0.15, -0.1) is 0 Å². The zero-order chi connectivity index (χ0) is 12.6. The number of carbonyl (C=O) groups is 2. The average Bonchev–Trinajstić information content (AvgIpc) is 2.21. The number of nitrogens with zero attached hydrogens (tertiary/aromatic N) is 2. The lowest BCUT2D eigenvalue weighted by Gasteiger charge is -2.14. The molecule has 0 saturated carbocycles. The van der Waals surface area contributed by atoms with E-state index in [0.29, 0.717) is 6.41 Å². The molecule has 4 N–H and O–H groups in total. The quantitative estimate of drug-likeness (QED) is 0.220. The molecule has 0 aliphatic heterocycles. The number of hydrogen-bond acceptors (Lipinski definition) is 5. The third-order valence-corrected chi connectivity index (χ3v) is 1.81. The lowest BCUT2D eigenvalue weighted by molar-refractivity contribution is -0.138. The molecule has 0 rings (SSSR count). The van der Waals surface area contributed by atoms with Gasteiger partial charge in [0.2, 0.25) is 12.5 Å². The summed E-state index contributed by atoms with van der Waals surface area (Å²) in [6, 6.07) is -1.17. The molecule has 0 bridgehead atoms. The molecule has 0 aliphatic rings. The van der Waals surface area contributed by atoms with E-state index in [4.69, 9.17) is 16.2 Å². The summed E-state index contributed by atoms with van der Waals surface area (Å²) >= 11 is 0. The zero-order valence-corrected chi connectivity index (χ0v) is 8.42. The van der Waals surface area contributed by atoms with Crippen LogP contribution in [-0.2, 0) is 14.4 Å². The Labute approximate surface area is 91.3 Å². The van der Waals surface area contributed by atoms with Gasteiger partial charge in [-0.3, -0.25) is 15.1 Å². The van der Waals surface area contributed by atoms with Crippen molar-refractivity contribution in [2.24, 2.45) is 10.7 Å². The Morgan fingerprint density at radius 2 is 2.31 bits per heavy atom. The molecule has 0 aliphatic carbocycles. The highest BCUT2D eigenvalue weighted by Crippen LogP contribution is 2.02. The highest BCUT2D eigenvalue weighted by Gasteiger charge is 2.16. The fourth-order valence-electron chi connectivity index (χ4n) is 0.992. The third kappa shape index (κ3) is 4.87. The van der Waals surface area contributed by atoms with Crippen LogP contribution in [0.2, 0.25) is 0 Å². The van der Waals surface area contributed by atoms with E-state index in [0.717, 1.165) is 4.90 Å². The molecule has 0 spiro atoms. The van der Waals surface area contributed by atoms with Gasteiger partial charge in [0.25, 0.3) is 0 Å². The molecule has 0 saturated heterocycles. The lowest BCUT2D eigenvalue weighted by atomic mass is 10.1. The van der Waals surface area contributed by atoms with Gasteiger partial charge in [-0.2, -0.15) is 4.99 Å². The van der Waals surface area contributed by atoms with Crippen LogP contribution < -0.4 is 5.73 Å². The number of isocyanates is 1. The van der Waals surface area contributed by atoms with Crippen molar-refractivity contribution in [3.05, 3.63) is 0 Å². The average molecular weight is 228 g/mol. The van der Waals surface area contributed by atoms with Crippen LogP contribution in [0, 0.1) is 5.41 Å². The number of hydrogen-bond donors (Lipinski definition) is 3. The standard InChI is InChI=1S/C8H12N4O4/c9-8(10)12(5-14)3-1-2-6(7(15)16)11-4-13/h5-6H,1-3H2,(H3,9,10)(H,15,16). The number of carboxylic acids is 1. The Balaban J connectivity index is 4.12. The van der Waals surface area contributed by atoms with E-state index < -0.39 is 18.0 Å². The number of carboxylic acid groups (broad SMARTS) is 1. The fraction of sp³-hybridized carbons (Fsp3) is 0.500. The van der Waals surface area contributed by atoms with E-state index in [-0.39, 0.29) is 19.4 Å². The molecule has 8 nitrogen and oxygen atoms in total. The highest BCUT2D eigenvalue weighted by molar-refractivity contribution is 5.85. The zero-order valence-electron chi connectivity index (χ0n) is 8.42. The molecule has 1 atom stereocenters. The Morgan fingerprint density at radius 3 is 2.69 bits per heavy atom. The number of amides is 1. The molecule has 0 aromatic rings. The van der Waals surface area contributed by atoms with Gasteiger partial charge in [0.1, 0.15) is 0 Å². The minimum Gasteiger partial charge on any atom is -0.480 e. The first-order chi connectivity index (χ1) is 7.52. The van der Waals surface area contributed by atoms with Crippen molar-refractivity contribution < 1.29 is 19.5 Å². The number of nitrogens with two attached hydrogens (primary N) is 1. The molecule has 0 aromatic heterocycles. The Bertz CT molecular complexity index is 322. The second-order valence-corrected chi connectivity index (χ2v) is 2.90. The topological polar surface area (TPSA) is 137 Å². The first-order valence-electron chi connectivity index (χ1n) is 4.38. The van der Waals surface area contributed by atoms with Gasteiger partial charge < -0.3 is 10.8 Å². The molecule has 1 amide bonds. The van der Waals surface area contributed by atoms with Gasteiger partial charge in [-0.25, -0.2) is 9.59 Å². The number of aliphatic carboxylic acids is 1. The van der Waals surface area contributed by atoms with E-state index >= 15 is 0 Å². The van der Waals surface area contributed by atoms with Crippen LogP contribution in [-0.4, -0.2) is 47.0 Å². The Hall–Kier alpha value is -2.21. The van der Waals surface area contributed by atoms with Crippen molar-refractivity contribution in [1.82, 2.24) is 4.90 Å². The van der Waals surface area contributed by atoms with Crippen LogP contribution >= 0.6 is 0 Å². The predicted molar refractivity (Wildman–Crippen MR) is 53.5 cm³/mol. The summed E-state index contributed by atoms with van der Waals surface area (Å²) < 4.78 is 0. The van der Waals surface area contributed by atoms with Gasteiger partial charge in [0.05, 0.1) is 0 Å². The number of rotatable bonds is 7. The SMILES string of the molecule is N=C(N)N(C=O)CCCC(N=C=O)C(=O)O. The maximum atomic E-state index is 10.5. The molecule has 88 valence electrons. The minimum absolute atomic E-state index is 0.0716. The number of aliphatic imine (C=N–C) groups is 1. The Morgan fingerprint density at radius 1 is 1.69 bits per heavy atom. The molecular weight excluding hydrogens is 216 g/mol. The van der Waals surface area contributed by atoms with E-state index in [9.17, 15) is 14.4 Å². The van der Waals surface area contributed by atoms with Crippen molar-refractivity contribution >= 4 is 24.4 Å². The van der Waals surface area contributed by atoms with Crippen molar-refractivity contribution in [2.45, 2.75) is 18.9 Å². The summed E-state index contributed by atoms with van der Waals surface area (Å²) in [6.07, 6.45) is 1.88. The normalized spacial score (nSPS) is 11.0. The first-order valence-corrected chi connectivity index (χ1v) is 4.38. The summed E-state index contributed by atoms with van der Waals surface area (Å²) in [7, 11) is 0. The lowest BCUT2D eigenvalue weighted by Crippen LogP contribution is -2.36. The van der Waals surface area contributed by atoms with Crippen LogP contribution in [0.25, 0.3) is 0 Å². The van der Waals surface area contributed by atoms with E-state index in [2.05, 4.69) is 4.99 Å². The monoisotopic (exact) mass is 228 g/mol. The summed E-state index contributed by atoms with van der Waals surface area (Å²) in [6.45, 7) is 0.108. The molecule has 1 unspecified atom stereocenters. The van der Waals surface area contributed by atoms with Crippen molar-refractivity contribution in [1.29, 1.82) is 5.41 Å². The van der Waals surface area contributed by atoms with Gasteiger partial charge in [-0.05, 0) is 12.8 Å². The van der Waals surface area contributed by atoms with Gasteiger partial charge >= 0.3 is 5.97 Å². The van der Waals surface area contributed by atoms with Gasteiger partial charge in [0, 0.05) is 6.54 Å². The Kier molecular flexibility index (Phi) is 6.15. The smallest absolute Gasteiger partial charge is 0.329 e. The predicted octanol–water partition coefficient (Wildman–Crippen LogP) is -1.09. The van der Waals surface area contributed by atoms with Crippen molar-refractivity contribution in [2.75, 3.05) is 6.54 Å². The molecule has 0 fully saturated rings. The maximum absolute atomic E-state index is 10.5. The molecular formula is C8H12N4O4. The second-order valence-electron chi connectivity index (χ2n) is 2.90. The van der Waals surface area contributed by atoms with Gasteiger partial charge in [-0.1, -0.05) is 0 Å². The maximum Gasteiger partial charge on any atom is 0.329 e. The van der Waals surface area contributed by atoms with Crippen LogP contribution in [0.4, 0.5) is 0 Å². The molecule has 0 aromatic carbocycles. The number of guanidine groups is 1. The summed E-state index contributed by atoms with van der Waals surface area (Å²) in [5.74, 6) is -1.65. The largest absolute Gasteiger partial charge is 0.480 e. The molecule has 16 heavy (non-hydrogen) atoms. The molecule has 0 heterocycles. The first kappa shape index (κ1) is 13.8. The minimum atomic E-state index is -1.23. The summed E-state index contributed by atoms with van der Waals surface area (Å²) in [4.78, 5) is 34.9. The van der Waals surface area contributed by atoms with E-state index in [1.807, 2.05) is 0 Å². The third-order valence-electron chi connectivity index (χ3n) is 1.81. The number of carbonyl (C=O) groups excluding carboxylic acids is 2. The number of nitrogens with one attached hydrogen (secondary N) is 1. The summed E-state index contributed by atoms with van der Waals surface area (Å²) in [5, 5.41) is 15.6. The van der Waals surface area contributed by atoms with Crippen LogP contribution in [0.15, 0.2) is 4.99 Å². The fourth-order valence-corrected chi connectivity index (χ4v) is 0.992. The highest BCUT2D eigenvalue weighted by atomic mass is 16.4. The van der Waals surface area contributed by atoms with E-state index in [1.165, 1.54) is 6.08 Å². The summed E-state index contributed by atoms with van der Waals surface area (Å²) in [5.41, 5.74) is 5.06. The van der Waals surface area contributed by atoms with Crippen molar-refractivity contribution in [3.8, 4) is 0 Å². The van der Waals surface area contributed by atoms with E-state index in [1.54, 1.807) is 0 Å². The molecule has 8 heteroatoms. The second kappa shape index (κ2) is 7.13.